The Balaban J connectivity index is 3.49. The van der Waals surface area contributed by atoms with Crippen molar-refractivity contribution in [2.45, 2.75) is 0 Å². The highest BCUT2D eigenvalue weighted by atomic mass is 35.5. The van der Waals surface area contributed by atoms with Gasteiger partial charge in [-0.1, -0.05) is 18.2 Å². The fourth-order valence-electron chi connectivity index (χ4n) is 0.113. The van der Waals surface area contributed by atoms with Crippen LogP contribution in [-0.4, -0.2) is 0 Å². The van der Waals surface area contributed by atoms with Crippen molar-refractivity contribution in [3.05, 3.63) is 23.9 Å². The average Bonchev–Trinajstić information content (AvgIpc) is 1.68. The zero-order valence-corrected chi connectivity index (χ0v) is 4.48. The van der Waals surface area contributed by atoms with Gasteiger partial charge >= 0.3 is 0 Å². The average molecular weight is 120 g/mol. The minimum atomic E-state index is 0.391. The highest BCUT2D eigenvalue weighted by molar-refractivity contribution is 6.31. The van der Waals surface area contributed by atoms with Crippen molar-refractivity contribution >= 4 is 11.6 Å². The molecule has 0 rings (SSSR count). The molecule has 0 aromatic rings. The number of hydrogen-bond acceptors (Lipinski definition) is 2. The fraction of sp³-hybridized carbons (Fsp3) is 0. The molecule has 40 valence electrons. The minimum absolute atomic E-state index is 0.391. The smallest absolute Gasteiger partial charge is 0.129 e. The fourth-order valence-corrected chi connectivity index (χ4v) is 0.165. The Hall–Kier alpha value is -0.470. The monoisotopic (exact) mass is 119 g/mol. The van der Waals surface area contributed by atoms with Gasteiger partial charge in [0.2, 0.25) is 0 Å². The second kappa shape index (κ2) is 3.71. The van der Waals surface area contributed by atoms with E-state index in [1.165, 1.54) is 12.3 Å². The van der Waals surface area contributed by atoms with Gasteiger partial charge in [0, 0.05) is 0 Å². The Labute approximate surface area is 47.2 Å². The lowest BCUT2D eigenvalue weighted by Crippen LogP contribution is -1.87. The molecule has 0 aliphatic rings. The van der Waals surface area contributed by atoms with E-state index in [4.69, 9.17) is 11.6 Å². The molecular formula is C4H6ClNO. The molecular weight excluding hydrogens is 114 g/mol. The molecule has 0 saturated carbocycles. The second-order valence-electron chi connectivity index (χ2n) is 0.843. The van der Waals surface area contributed by atoms with Gasteiger partial charge in [-0.2, -0.15) is 5.90 Å². The number of rotatable bonds is 2. The van der Waals surface area contributed by atoms with Crippen LogP contribution in [0.5, 0.6) is 0 Å². The first-order valence-corrected chi connectivity index (χ1v) is 2.02. The van der Waals surface area contributed by atoms with Gasteiger partial charge in [0.05, 0.1) is 5.03 Å². The van der Waals surface area contributed by atoms with Gasteiger partial charge in [-0.15, -0.1) is 0 Å². The molecule has 0 fully saturated rings. The van der Waals surface area contributed by atoms with Crippen LogP contribution in [0.25, 0.3) is 0 Å². The maximum atomic E-state index is 5.30. The Morgan fingerprint density at radius 2 is 2.43 bits per heavy atom. The van der Waals surface area contributed by atoms with Gasteiger partial charge in [-0.3, -0.25) is 0 Å². The van der Waals surface area contributed by atoms with Gasteiger partial charge in [-0.25, -0.2) is 0 Å². The number of allylic oxidation sites excluding steroid dienone is 2. The summed E-state index contributed by atoms with van der Waals surface area (Å²) in [6.45, 7) is 3.34. The van der Waals surface area contributed by atoms with E-state index < -0.39 is 0 Å². The molecule has 0 spiro atoms. The summed E-state index contributed by atoms with van der Waals surface area (Å²) in [7, 11) is 0. The third kappa shape index (κ3) is 3.36. The predicted molar refractivity (Wildman–Crippen MR) is 29.4 cm³/mol. The maximum absolute atomic E-state index is 5.30. The molecule has 2 N–H and O–H groups in total. The van der Waals surface area contributed by atoms with E-state index in [0.717, 1.165) is 0 Å². The molecule has 0 atom stereocenters. The molecule has 0 aliphatic carbocycles. The summed E-state index contributed by atoms with van der Waals surface area (Å²) < 4.78 is 0. The van der Waals surface area contributed by atoms with Crippen molar-refractivity contribution in [1.29, 1.82) is 0 Å². The highest BCUT2D eigenvalue weighted by Gasteiger charge is 1.76. The van der Waals surface area contributed by atoms with Crippen LogP contribution in [0.3, 0.4) is 0 Å². The normalized spacial score (nSPS) is 10.9. The molecule has 0 radical (unpaired) electrons. The van der Waals surface area contributed by atoms with E-state index in [-0.39, 0.29) is 0 Å². The van der Waals surface area contributed by atoms with Gasteiger partial charge in [0.1, 0.15) is 6.26 Å². The van der Waals surface area contributed by atoms with E-state index >= 15 is 0 Å². The first-order valence-electron chi connectivity index (χ1n) is 1.65. The molecule has 0 aliphatic heterocycles. The van der Waals surface area contributed by atoms with Crippen molar-refractivity contribution in [1.82, 2.24) is 0 Å². The van der Waals surface area contributed by atoms with E-state index in [1.807, 2.05) is 0 Å². The van der Waals surface area contributed by atoms with E-state index in [9.17, 15) is 0 Å². The first kappa shape index (κ1) is 6.53. The quantitative estimate of drug-likeness (QED) is 0.336. The lowest BCUT2D eigenvalue weighted by atomic mass is 10.6. The Kier molecular flexibility index (Phi) is 3.46. The maximum Gasteiger partial charge on any atom is 0.129 e. The topological polar surface area (TPSA) is 35.2 Å². The summed E-state index contributed by atoms with van der Waals surface area (Å²) in [6, 6.07) is 0. The Bertz CT molecular complexity index is 89.7. The van der Waals surface area contributed by atoms with Gasteiger partial charge in [-0.05, 0) is 6.08 Å². The third-order valence-electron chi connectivity index (χ3n) is 0.376. The second-order valence-corrected chi connectivity index (χ2v) is 1.28. The molecule has 0 saturated heterocycles. The summed E-state index contributed by atoms with van der Waals surface area (Å²) in [5, 5.41) is 0.391. The largest absolute Gasteiger partial charge is 0.418 e. The van der Waals surface area contributed by atoms with E-state index in [1.54, 1.807) is 0 Å². The summed E-state index contributed by atoms with van der Waals surface area (Å²) in [5.41, 5.74) is 0. The van der Waals surface area contributed by atoms with Gasteiger partial charge in [0.25, 0.3) is 0 Å². The highest BCUT2D eigenvalue weighted by Crippen LogP contribution is 1.98. The van der Waals surface area contributed by atoms with E-state index in [0.29, 0.717) is 5.03 Å². The molecule has 0 heterocycles. The third-order valence-corrected chi connectivity index (χ3v) is 0.619. The van der Waals surface area contributed by atoms with E-state index in [2.05, 4.69) is 17.3 Å². The minimum Gasteiger partial charge on any atom is -0.418 e. The number of nitrogens with two attached hydrogens (primary N) is 1. The lowest BCUT2D eigenvalue weighted by molar-refractivity contribution is 0.260. The SMILES string of the molecule is C=C/C(Cl)=C\ON. The molecule has 0 bridgehead atoms. The standard InChI is InChI=1S/C4H6ClNO/c1-2-4(5)3-7-6/h2-3H,1,6H2/b4-3+. The van der Waals surface area contributed by atoms with Crippen molar-refractivity contribution in [3.63, 3.8) is 0 Å². The molecule has 0 unspecified atom stereocenters. The van der Waals surface area contributed by atoms with Crippen molar-refractivity contribution < 1.29 is 4.84 Å². The molecule has 2 nitrogen and oxygen atoms in total. The zero-order chi connectivity index (χ0) is 5.70. The molecule has 7 heavy (non-hydrogen) atoms. The Morgan fingerprint density at radius 1 is 1.86 bits per heavy atom. The van der Waals surface area contributed by atoms with Crippen LogP contribution in [0.4, 0.5) is 0 Å². The molecule has 0 aromatic carbocycles. The molecule has 0 amide bonds. The number of hydrogen-bond donors (Lipinski definition) is 1. The zero-order valence-electron chi connectivity index (χ0n) is 3.73. The summed E-state index contributed by atoms with van der Waals surface area (Å²) in [5.74, 6) is 4.60. The van der Waals surface area contributed by atoms with Gasteiger partial charge < -0.3 is 4.84 Å². The molecule has 0 aromatic heterocycles. The summed E-state index contributed by atoms with van der Waals surface area (Å²) >= 11 is 5.30. The van der Waals surface area contributed by atoms with Crippen molar-refractivity contribution in [3.8, 4) is 0 Å². The van der Waals surface area contributed by atoms with Crippen molar-refractivity contribution in [2.75, 3.05) is 0 Å². The summed E-state index contributed by atoms with van der Waals surface area (Å²) in [4.78, 5) is 4.03. The van der Waals surface area contributed by atoms with Crippen LogP contribution in [-0.2, 0) is 4.84 Å². The molecule has 3 heteroatoms. The van der Waals surface area contributed by atoms with Crippen molar-refractivity contribution in [2.24, 2.45) is 5.90 Å². The number of halogens is 1. The lowest BCUT2D eigenvalue weighted by Gasteiger charge is -1.83. The van der Waals surface area contributed by atoms with Gasteiger partial charge in [0.15, 0.2) is 0 Å². The van der Waals surface area contributed by atoms with Crippen LogP contribution in [0.2, 0.25) is 0 Å². The summed E-state index contributed by atoms with van der Waals surface area (Å²) in [6.07, 6.45) is 2.61. The van der Waals surface area contributed by atoms with Crippen LogP contribution >= 0.6 is 11.6 Å². The Morgan fingerprint density at radius 3 is 2.57 bits per heavy atom. The first-order chi connectivity index (χ1) is 3.31. The van der Waals surface area contributed by atoms with Crippen LogP contribution in [0.1, 0.15) is 0 Å². The van der Waals surface area contributed by atoms with Crippen LogP contribution < -0.4 is 5.90 Å². The van der Waals surface area contributed by atoms with Crippen LogP contribution in [0, 0.1) is 0 Å². The predicted octanol–water partition coefficient (Wildman–Crippen LogP) is 1.14. The van der Waals surface area contributed by atoms with Crippen LogP contribution in [0.15, 0.2) is 23.9 Å².